The number of aliphatic hydroxyl groups excluding tert-OH is 6. The SMILES string of the molecule is Cc1cc(O[C@@H]2O[C@@H](C)[C@H](O)[C@@H](O)[C@H]2O)c2c3c(c(O[C@@H]4O[C@@H](C)[C@H](O)[C@@H](O)[C@H]4O)cc2c1)C(=O)c1c(O)cccc1C3=O. The first-order chi connectivity index (χ1) is 20.8. The van der Waals surface area contributed by atoms with Gasteiger partial charge in [0.1, 0.15) is 53.9 Å². The van der Waals surface area contributed by atoms with Crippen LogP contribution in [0.1, 0.15) is 51.3 Å². The standard InChI is InChI=1S/C31H32O13/c1-10-7-13-9-17(44-31-29(40)27(38)23(34)12(3)42-31)20-21(24(35)14-5-4-6-15(32)19(14)25(20)36)18(13)16(8-10)43-30-28(39)26(37)22(33)11(2)41-30/h4-9,11-12,22-23,26-34,37-40H,1-3H3/t11-,12-,22-,23-,26+,27+,28+,29+,30-,31-/m0/s1. The summed E-state index contributed by atoms with van der Waals surface area (Å²) in [4.78, 5) is 28.2. The summed E-state index contributed by atoms with van der Waals surface area (Å²) in [5, 5.41) is 73.2. The van der Waals surface area contributed by atoms with Gasteiger partial charge in [0.15, 0.2) is 5.78 Å². The lowest BCUT2D eigenvalue weighted by atomic mass is 9.80. The highest BCUT2D eigenvalue weighted by Crippen LogP contribution is 2.45. The van der Waals surface area contributed by atoms with Crippen LogP contribution < -0.4 is 9.47 Å². The maximum atomic E-state index is 14.1. The molecule has 2 fully saturated rings. The smallest absolute Gasteiger partial charge is 0.229 e. The average molecular weight is 613 g/mol. The van der Waals surface area contributed by atoms with Crippen LogP contribution in [0.2, 0.25) is 0 Å². The normalized spacial score (nSPS) is 33.6. The second kappa shape index (κ2) is 11.1. The predicted octanol–water partition coefficient (Wildman–Crippen LogP) is 0.0418. The number of ether oxygens (including phenoxy) is 4. The van der Waals surface area contributed by atoms with Crippen molar-refractivity contribution in [2.45, 2.75) is 82.2 Å². The minimum atomic E-state index is -1.73. The maximum absolute atomic E-state index is 14.1. The Labute approximate surface area is 250 Å². The number of aryl methyl sites for hydroxylation is 1. The summed E-state index contributed by atoms with van der Waals surface area (Å²) in [5.74, 6) is -2.10. The molecular weight excluding hydrogens is 580 g/mol. The molecule has 2 heterocycles. The fourth-order valence-corrected chi connectivity index (χ4v) is 5.96. The first kappa shape index (κ1) is 30.4. The number of hydrogen-bond acceptors (Lipinski definition) is 13. The Hall–Kier alpha value is -3.66. The van der Waals surface area contributed by atoms with E-state index in [1.54, 1.807) is 19.1 Å². The number of benzene rings is 3. The molecule has 0 unspecified atom stereocenters. The van der Waals surface area contributed by atoms with Crippen molar-refractivity contribution in [1.82, 2.24) is 0 Å². The Balaban J connectivity index is 1.55. The van der Waals surface area contributed by atoms with E-state index in [0.717, 1.165) is 0 Å². The summed E-state index contributed by atoms with van der Waals surface area (Å²) in [7, 11) is 0. The van der Waals surface area contributed by atoms with Gasteiger partial charge in [-0.2, -0.15) is 0 Å². The van der Waals surface area contributed by atoms with Crippen LogP contribution in [0, 0.1) is 6.92 Å². The van der Waals surface area contributed by atoms with Gasteiger partial charge >= 0.3 is 0 Å². The summed E-state index contributed by atoms with van der Waals surface area (Å²) < 4.78 is 23.2. The Morgan fingerprint density at radius 2 is 1.23 bits per heavy atom. The highest BCUT2D eigenvalue weighted by atomic mass is 16.7. The molecule has 6 rings (SSSR count). The molecule has 2 saturated heterocycles. The van der Waals surface area contributed by atoms with Crippen LogP contribution in [0.15, 0.2) is 36.4 Å². The second-order valence-electron chi connectivity index (χ2n) is 11.4. The third-order valence-corrected chi connectivity index (χ3v) is 8.38. The molecule has 3 aromatic rings. The Kier molecular flexibility index (Phi) is 7.63. The number of carbonyl (C=O) groups is 2. The molecule has 0 radical (unpaired) electrons. The van der Waals surface area contributed by atoms with Crippen LogP contribution in [0.3, 0.4) is 0 Å². The van der Waals surface area contributed by atoms with Crippen LogP contribution in [0.4, 0.5) is 0 Å². The van der Waals surface area contributed by atoms with Gasteiger partial charge in [-0.1, -0.05) is 18.2 Å². The highest BCUT2D eigenvalue weighted by Gasteiger charge is 2.46. The molecule has 0 spiro atoms. The maximum Gasteiger partial charge on any atom is 0.229 e. The van der Waals surface area contributed by atoms with Crippen molar-refractivity contribution in [3.8, 4) is 17.2 Å². The molecule has 13 nitrogen and oxygen atoms in total. The number of phenolic OH excluding ortho intramolecular Hbond substituents is 1. The zero-order valence-electron chi connectivity index (χ0n) is 23.8. The first-order valence-electron chi connectivity index (χ1n) is 14.1. The van der Waals surface area contributed by atoms with E-state index in [1.165, 1.54) is 38.1 Å². The van der Waals surface area contributed by atoms with E-state index < -0.39 is 78.7 Å². The zero-order chi connectivity index (χ0) is 31.8. The number of aromatic hydroxyl groups is 1. The van der Waals surface area contributed by atoms with E-state index >= 15 is 0 Å². The summed E-state index contributed by atoms with van der Waals surface area (Å²) in [6.45, 7) is 4.67. The fraction of sp³-hybridized carbons (Fsp3) is 0.419. The van der Waals surface area contributed by atoms with Crippen molar-refractivity contribution in [3.05, 3.63) is 64.2 Å². The number of ketones is 2. The molecule has 234 valence electrons. The molecule has 0 amide bonds. The fourth-order valence-electron chi connectivity index (χ4n) is 5.96. The Morgan fingerprint density at radius 3 is 1.82 bits per heavy atom. The van der Waals surface area contributed by atoms with Gasteiger partial charge in [0.05, 0.1) is 23.3 Å². The van der Waals surface area contributed by atoms with Gasteiger partial charge in [-0.05, 0) is 49.9 Å². The van der Waals surface area contributed by atoms with Crippen LogP contribution in [0.25, 0.3) is 10.8 Å². The van der Waals surface area contributed by atoms with Crippen LogP contribution in [-0.4, -0.2) is 109 Å². The topological polar surface area (TPSA) is 213 Å². The van der Waals surface area contributed by atoms with Crippen molar-refractivity contribution in [2.75, 3.05) is 0 Å². The van der Waals surface area contributed by atoms with Crippen LogP contribution in [0.5, 0.6) is 17.2 Å². The minimum absolute atomic E-state index is 0.00788. The van der Waals surface area contributed by atoms with E-state index in [0.29, 0.717) is 10.9 Å². The predicted molar refractivity (Wildman–Crippen MR) is 150 cm³/mol. The second-order valence-corrected chi connectivity index (χ2v) is 11.4. The lowest BCUT2D eigenvalue weighted by Gasteiger charge is -2.39. The van der Waals surface area contributed by atoms with E-state index in [1.807, 2.05) is 0 Å². The molecule has 44 heavy (non-hydrogen) atoms. The molecule has 2 aliphatic heterocycles. The lowest BCUT2D eigenvalue weighted by molar-refractivity contribution is -0.268. The summed E-state index contributed by atoms with van der Waals surface area (Å²) in [6.07, 6.45) is -14.3. The number of aliphatic hydroxyl groups is 6. The molecule has 0 bridgehead atoms. The minimum Gasteiger partial charge on any atom is -0.507 e. The summed E-state index contributed by atoms with van der Waals surface area (Å²) in [6, 6.07) is 8.67. The number of carbonyl (C=O) groups excluding carboxylic acids is 2. The Bertz CT molecular complexity index is 1650. The quantitative estimate of drug-likeness (QED) is 0.162. The largest absolute Gasteiger partial charge is 0.507 e. The number of phenols is 1. The van der Waals surface area contributed by atoms with Crippen molar-refractivity contribution in [1.29, 1.82) is 0 Å². The van der Waals surface area contributed by atoms with Crippen LogP contribution in [-0.2, 0) is 9.47 Å². The highest BCUT2D eigenvalue weighted by molar-refractivity contribution is 6.34. The molecule has 3 aliphatic rings. The first-order valence-corrected chi connectivity index (χ1v) is 14.1. The van der Waals surface area contributed by atoms with Crippen molar-refractivity contribution >= 4 is 22.3 Å². The van der Waals surface area contributed by atoms with E-state index in [2.05, 4.69) is 0 Å². The van der Waals surface area contributed by atoms with Gasteiger partial charge in [0.2, 0.25) is 18.4 Å². The summed E-state index contributed by atoms with van der Waals surface area (Å²) >= 11 is 0. The van der Waals surface area contributed by atoms with Gasteiger partial charge in [-0.25, -0.2) is 0 Å². The third kappa shape index (κ3) is 4.73. The summed E-state index contributed by atoms with van der Waals surface area (Å²) in [5.41, 5.74) is -0.202. The monoisotopic (exact) mass is 612 g/mol. The van der Waals surface area contributed by atoms with Gasteiger partial charge in [-0.3, -0.25) is 9.59 Å². The molecule has 0 saturated carbocycles. The molecule has 3 aromatic carbocycles. The van der Waals surface area contributed by atoms with Gasteiger partial charge in [0, 0.05) is 16.5 Å². The molecule has 7 N–H and O–H groups in total. The van der Waals surface area contributed by atoms with Crippen molar-refractivity contribution < 1.29 is 64.3 Å². The van der Waals surface area contributed by atoms with E-state index in [-0.39, 0.29) is 39.1 Å². The van der Waals surface area contributed by atoms with Gasteiger partial charge < -0.3 is 54.7 Å². The number of fused-ring (bicyclic) bond motifs is 4. The third-order valence-electron chi connectivity index (χ3n) is 8.38. The van der Waals surface area contributed by atoms with Gasteiger partial charge in [-0.15, -0.1) is 0 Å². The van der Waals surface area contributed by atoms with E-state index in [4.69, 9.17) is 18.9 Å². The van der Waals surface area contributed by atoms with Gasteiger partial charge in [0.25, 0.3) is 0 Å². The average Bonchev–Trinajstić information content (AvgIpc) is 2.98. The molecule has 0 aromatic heterocycles. The Morgan fingerprint density at radius 1 is 0.659 bits per heavy atom. The zero-order valence-corrected chi connectivity index (χ0v) is 23.8. The van der Waals surface area contributed by atoms with Crippen molar-refractivity contribution in [3.63, 3.8) is 0 Å². The molecule has 13 heteroatoms. The van der Waals surface area contributed by atoms with Crippen LogP contribution >= 0.6 is 0 Å². The molecule has 10 atom stereocenters. The molecular formula is C31H32O13. The lowest BCUT2D eigenvalue weighted by Crippen LogP contribution is -2.58. The van der Waals surface area contributed by atoms with E-state index in [9.17, 15) is 45.3 Å². The van der Waals surface area contributed by atoms with Crippen molar-refractivity contribution in [2.24, 2.45) is 0 Å². The number of rotatable bonds is 4. The molecule has 1 aliphatic carbocycles. The number of hydrogen-bond donors (Lipinski definition) is 7.